The molecule has 2 heterocycles. The first-order valence-corrected chi connectivity index (χ1v) is 12.0. The number of hydrogen-bond acceptors (Lipinski definition) is 6. The average molecular weight is 440 g/mol. The van der Waals surface area contributed by atoms with Gasteiger partial charge < -0.3 is 14.7 Å². The van der Waals surface area contributed by atoms with Gasteiger partial charge in [0.05, 0.1) is 22.8 Å². The van der Waals surface area contributed by atoms with E-state index in [0.29, 0.717) is 12.3 Å². The van der Waals surface area contributed by atoms with Gasteiger partial charge in [-0.05, 0) is 44.5 Å². The highest BCUT2D eigenvalue weighted by Crippen LogP contribution is 2.47. The molecule has 0 saturated carbocycles. The van der Waals surface area contributed by atoms with E-state index in [4.69, 9.17) is 4.52 Å². The Morgan fingerprint density at radius 1 is 1.10 bits per heavy atom. The summed E-state index contributed by atoms with van der Waals surface area (Å²) in [7, 11) is 0. The molecule has 0 saturated heterocycles. The van der Waals surface area contributed by atoms with E-state index >= 15 is 0 Å². The molecule has 3 aromatic rings. The van der Waals surface area contributed by atoms with Crippen LogP contribution in [0.25, 0.3) is 0 Å². The van der Waals surface area contributed by atoms with Crippen LogP contribution in [0.5, 0.6) is 0 Å². The SMILES string of the molecule is Cc1noc(C)c1CSCC(=O)NCCCN1c2ccccc2Sc2ccccc21. The molecule has 1 N–H and O–H groups in total. The van der Waals surface area contributed by atoms with Crippen LogP contribution in [0.15, 0.2) is 62.8 Å². The van der Waals surface area contributed by atoms with Gasteiger partial charge in [-0.15, -0.1) is 11.8 Å². The molecule has 1 aromatic heterocycles. The van der Waals surface area contributed by atoms with Crippen molar-refractivity contribution in [3.05, 3.63) is 65.5 Å². The van der Waals surface area contributed by atoms with E-state index in [1.165, 1.54) is 21.2 Å². The van der Waals surface area contributed by atoms with E-state index in [1.807, 2.05) is 25.6 Å². The van der Waals surface area contributed by atoms with Crippen molar-refractivity contribution in [1.82, 2.24) is 10.5 Å². The summed E-state index contributed by atoms with van der Waals surface area (Å²) in [5.74, 6) is 2.09. The number of anilines is 2. The van der Waals surface area contributed by atoms with Crippen LogP contribution in [0.2, 0.25) is 0 Å². The normalized spacial score (nSPS) is 12.4. The van der Waals surface area contributed by atoms with E-state index in [0.717, 1.165) is 35.7 Å². The average Bonchev–Trinajstić information content (AvgIpc) is 3.08. The Balaban J connectivity index is 1.26. The number of fused-ring (bicyclic) bond motifs is 2. The van der Waals surface area contributed by atoms with Crippen molar-refractivity contribution in [1.29, 1.82) is 0 Å². The largest absolute Gasteiger partial charge is 0.361 e. The fraction of sp³-hybridized carbons (Fsp3) is 0.304. The Morgan fingerprint density at radius 3 is 2.40 bits per heavy atom. The van der Waals surface area contributed by atoms with Crippen LogP contribution in [0.3, 0.4) is 0 Å². The fourth-order valence-electron chi connectivity index (χ4n) is 3.49. The van der Waals surface area contributed by atoms with Crippen molar-refractivity contribution in [2.24, 2.45) is 0 Å². The molecule has 5 nitrogen and oxygen atoms in total. The minimum Gasteiger partial charge on any atom is -0.361 e. The van der Waals surface area contributed by atoms with Crippen LogP contribution >= 0.6 is 23.5 Å². The molecule has 156 valence electrons. The van der Waals surface area contributed by atoms with Crippen molar-refractivity contribution >= 4 is 40.8 Å². The van der Waals surface area contributed by atoms with Crippen LogP contribution in [0.1, 0.15) is 23.4 Å². The number of aryl methyl sites for hydroxylation is 2. The topological polar surface area (TPSA) is 58.4 Å². The van der Waals surface area contributed by atoms with Gasteiger partial charge in [0.1, 0.15) is 5.76 Å². The zero-order chi connectivity index (χ0) is 20.9. The van der Waals surface area contributed by atoms with Crippen molar-refractivity contribution in [2.45, 2.75) is 35.8 Å². The molecule has 30 heavy (non-hydrogen) atoms. The predicted molar refractivity (Wildman–Crippen MR) is 124 cm³/mol. The van der Waals surface area contributed by atoms with E-state index in [1.54, 1.807) is 11.8 Å². The molecular weight excluding hydrogens is 414 g/mol. The number of amides is 1. The summed E-state index contributed by atoms with van der Waals surface area (Å²) >= 11 is 3.40. The van der Waals surface area contributed by atoms with Gasteiger partial charge in [0.2, 0.25) is 5.91 Å². The van der Waals surface area contributed by atoms with Crippen LogP contribution in [-0.4, -0.2) is 29.9 Å². The highest BCUT2D eigenvalue weighted by molar-refractivity contribution is 7.99. The molecule has 1 amide bonds. The zero-order valence-electron chi connectivity index (χ0n) is 17.2. The molecule has 0 radical (unpaired) electrons. The van der Waals surface area contributed by atoms with Crippen molar-refractivity contribution < 1.29 is 9.32 Å². The third-order valence-electron chi connectivity index (χ3n) is 5.07. The Kier molecular flexibility index (Phi) is 6.69. The maximum atomic E-state index is 12.2. The summed E-state index contributed by atoms with van der Waals surface area (Å²) in [6.45, 7) is 5.37. The third kappa shape index (κ3) is 4.68. The smallest absolute Gasteiger partial charge is 0.230 e. The van der Waals surface area contributed by atoms with Gasteiger partial charge in [0.25, 0.3) is 0 Å². The maximum absolute atomic E-state index is 12.2. The van der Waals surface area contributed by atoms with Gasteiger partial charge in [0, 0.05) is 34.2 Å². The van der Waals surface area contributed by atoms with Crippen LogP contribution in [0, 0.1) is 13.8 Å². The first-order chi connectivity index (χ1) is 14.6. The summed E-state index contributed by atoms with van der Waals surface area (Å²) in [6, 6.07) is 17.0. The van der Waals surface area contributed by atoms with Gasteiger partial charge in [-0.1, -0.05) is 41.2 Å². The number of nitrogens with one attached hydrogen (secondary N) is 1. The number of aromatic nitrogens is 1. The number of para-hydroxylation sites is 2. The highest BCUT2D eigenvalue weighted by atomic mass is 32.2. The zero-order valence-corrected chi connectivity index (χ0v) is 18.8. The molecule has 2 aromatic carbocycles. The highest BCUT2D eigenvalue weighted by Gasteiger charge is 2.22. The molecule has 4 rings (SSSR count). The lowest BCUT2D eigenvalue weighted by Crippen LogP contribution is -2.30. The van der Waals surface area contributed by atoms with Gasteiger partial charge in [0.15, 0.2) is 0 Å². The Morgan fingerprint density at radius 2 is 1.77 bits per heavy atom. The molecule has 1 aliphatic heterocycles. The summed E-state index contributed by atoms with van der Waals surface area (Å²) in [6.07, 6.45) is 0.883. The molecule has 0 unspecified atom stereocenters. The van der Waals surface area contributed by atoms with Crippen LogP contribution in [-0.2, 0) is 10.5 Å². The lowest BCUT2D eigenvalue weighted by Gasteiger charge is -2.32. The quantitative estimate of drug-likeness (QED) is 0.479. The number of thioether (sulfide) groups is 1. The van der Waals surface area contributed by atoms with Gasteiger partial charge >= 0.3 is 0 Å². The van der Waals surface area contributed by atoms with Crippen LogP contribution < -0.4 is 10.2 Å². The Labute approximate surface area is 185 Å². The molecule has 0 spiro atoms. The number of nitrogens with zero attached hydrogens (tertiary/aromatic N) is 2. The summed E-state index contributed by atoms with van der Waals surface area (Å²) in [5.41, 5.74) is 4.47. The third-order valence-corrected chi connectivity index (χ3v) is 7.16. The van der Waals surface area contributed by atoms with E-state index in [2.05, 4.69) is 63.9 Å². The van der Waals surface area contributed by atoms with E-state index in [9.17, 15) is 4.79 Å². The first kappa shape index (κ1) is 20.9. The molecule has 0 bridgehead atoms. The van der Waals surface area contributed by atoms with Crippen molar-refractivity contribution in [3.63, 3.8) is 0 Å². The van der Waals surface area contributed by atoms with Gasteiger partial charge in [-0.2, -0.15) is 0 Å². The first-order valence-electron chi connectivity index (χ1n) is 10.0. The second-order valence-electron chi connectivity index (χ2n) is 7.19. The van der Waals surface area contributed by atoms with Crippen molar-refractivity contribution in [3.8, 4) is 0 Å². The van der Waals surface area contributed by atoms with E-state index in [-0.39, 0.29) is 5.91 Å². The number of benzene rings is 2. The molecule has 0 aliphatic carbocycles. The Hall–Kier alpha value is -2.38. The van der Waals surface area contributed by atoms with Gasteiger partial charge in [-0.3, -0.25) is 4.79 Å². The number of carbonyl (C=O) groups is 1. The minimum atomic E-state index is 0.0711. The molecular formula is C23H25N3O2S2. The summed E-state index contributed by atoms with van der Waals surface area (Å²) < 4.78 is 5.17. The standard InChI is InChI=1S/C23H25N3O2S2/c1-16-18(17(2)28-25-16)14-29-15-23(27)24-12-7-13-26-19-8-3-5-10-21(19)30-22-11-6-4-9-20(22)26/h3-6,8-11H,7,12-15H2,1-2H3,(H,24,27). The number of carbonyl (C=O) groups excluding carboxylic acids is 1. The van der Waals surface area contributed by atoms with Gasteiger partial charge in [-0.25, -0.2) is 0 Å². The summed E-state index contributed by atoms with van der Waals surface area (Å²) in [5, 5.41) is 7.00. The summed E-state index contributed by atoms with van der Waals surface area (Å²) in [4.78, 5) is 17.1. The number of hydrogen-bond donors (Lipinski definition) is 1. The fourth-order valence-corrected chi connectivity index (χ4v) is 5.59. The second kappa shape index (κ2) is 9.62. The lowest BCUT2D eigenvalue weighted by atomic mass is 10.2. The minimum absolute atomic E-state index is 0.0711. The van der Waals surface area contributed by atoms with Crippen LogP contribution in [0.4, 0.5) is 11.4 Å². The Bertz CT molecular complexity index is 970. The maximum Gasteiger partial charge on any atom is 0.230 e. The molecule has 1 aliphatic rings. The van der Waals surface area contributed by atoms with Crippen molar-refractivity contribution in [2.75, 3.05) is 23.7 Å². The number of rotatable bonds is 8. The predicted octanol–water partition coefficient (Wildman–Crippen LogP) is 5.33. The molecule has 0 fully saturated rings. The second-order valence-corrected chi connectivity index (χ2v) is 9.26. The van der Waals surface area contributed by atoms with E-state index < -0.39 is 0 Å². The molecule has 0 atom stereocenters. The molecule has 7 heteroatoms. The lowest BCUT2D eigenvalue weighted by molar-refractivity contribution is -0.118. The monoisotopic (exact) mass is 439 g/mol.